The van der Waals surface area contributed by atoms with Crippen LogP contribution in [0.1, 0.15) is 11.5 Å². The molecule has 3 nitrogen and oxygen atoms in total. The molecule has 264 valence electrons. The lowest BCUT2D eigenvalue weighted by atomic mass is 9.91. The number of benzene rings is 7. The van der Waals surface area contributed by atoms with Crippen LogP contribution in [-0.2, 0) is 0 Å². The molecule has 0 amide bonds. The third-order valence-electron chi connectivity index (χ3n) is 11.5. The SMILES string of the molecule is C1=CC2c3ccccc3N(c3cccc(-c4cc(-c5ccc(-c6ccccc6)cc5)cc(-c5cccc(-n6c7ccccc7c7ccccc76)c5)n4)c3)C2C=C1. The minimum absolute atomic E-state index is 0.231. The van der Waals surface area contributed by atoms with Crippen molar-refractivity contribution in [3.63, 3.8) is 0 Å². The average Bonchev–Trinajstić information content (AvgIpc) is 3.80. The topological polar surface area (TPSA) is 21.1 Å². The van der Waals surface area contributed by atoms with Crippen LogP contribution in [0.25, 0.3) is 72.3 Å². The van der Waals surface area contributed by atoms with Crippen molar-refractivity contribution in [1.29, 1.82) is 0 Å². The average molecular weight is 716 g/mol. The van der Waals surface area contributed by atoms with Gasteiger partial charge in [-0.25, -0.2) is 4.98 Å². The van der Waals surface area contributed by atoms with E-state index in [0.717, 1.165) is 45.0 Å². The zero-order chi connectivity index (χ0) is 37.0. The summed E-state index contributed by atoms with van der Waals surface area (Å²) < 4.78 is 2.38. The summed E-state index contributed by atoms with van der Waals surface area (Å²) in [6.07, 6.45) is 9.02. The molecular weight excluding hydrogens is 679 g/mol. The summed E-state index contributed by atoms with van der Waals surface area (Å²) >= 11 is 0. The fourth-order valence-electron chi connectivity index (χ4n) is 8.89. The van der Waals surface area contributed by atoms with Crippen LogP contribution < -0.4 is 4.90 Å². The van der Waals surface area contributed by atoms with Crippen LogP contribution in [0.3, 0.4) is 0 Å². The summed E-state index contributed by atoms with van der Waals surface area (Å²) in [5.74, 6) is 0.327. The molecule has 3 heterocycles. The molecule has 9 aromatic rings. The predicted molar refractivity (Wildman–Crippen MR) is 234 cm³/mol. The molecule has 2 aliphatic rings. The highest BCUT2D eigenvalue weighted by Crippen LogP contribution is 2.48. The van der Waals surface area contributed by atoms with Crippen LogP contribution in [0.4, 0.5) is 11.4 Å². The normalized spacial score (nSPS) is 15.7. The molecule has 0 N–H and O–H groups in total. The lowest BCUT2D eigenvalue weighted by Crippen LogP contribution is -2.28. The van der Waals surface area contributed by atoms with Gasteiger partial charge in [-0.2, -0.15) is 0 Å². The van der Waals surface area contributed by atoms with E-state index in [2.05, 4.69) is 222 Å². The summed E-state index contributed by atoms with van der Waals surface area (Å²) in [4.78, 5) is 7.94. The molecule has 1 aliphatic carbocycles. The molecule has 0 bridgehead atoms. The molecule has 7 aromatic carbocycles. The Morgan fingerprint density at radius 2 is 0.929 bits per heavy atom. The molecule has 2 unspecified atom stereocenters. The highest BCUT2D eigenvalue weighted by Gasteiger charge is 2.37. The molecule has 0 fully saturated rings. The van der Waals surface area contributed by atoms with Crippen LogP contribution in [-0.4, -0.2) is 15.6 Å². The Kier molecular flexibility index (Phi) is 7.63. The maximum atomic E-state index is 5.45. The fraction of sp³-hybridized carbons (Fsp3) is 0.0377. The van der Waals surface area contributed by atoms with Gasteiger partial charge in [-0.05, 0) is 82.4 Å². The van der Waals surface area contributed by atoms with Crippen molar-refractivity contribution in [1.82, 2.24) is 9.55 Å². The second-order valence-corrected chi connectivity index (χ2v) is 14.8. The molecule has 2 atom stereocenters. The summed E-state index contributed by atoms with van der Waals surface area (Å²) in [7, 11) is 0. The maximum absolute atomic E-state index is 5.45. The zero-order valence-electron chi connectivity index (χ0n) is 30.7. The van der Waals surface area contributed by atoms with E-state index in [1.807, 2.05) is 0 Å². The molecule has 0 radical (unpaired) electrons. The lowest BCUT2D eigenvalue weighted by molar-refractivity contribution is 0.745. The number of hydrogen-bond acceptors (Lipinski definition) is 2. The number of fused-ring (bicyclic) bond motifs is 6. The number of pyridine rings is 1. The molecule has 11 rings (SSSR count). The first-order chi connectivity index (χ1) is 27.8. The molecule has 0 spiro atoms. The fourth-order valence-corrected chi connectivity index (χ4v) is 8.89. The number of rotatable bonds is 6. The Bertz CT molecular complexity index is 2930. The van der Waals surface area contributed by atoms with E-state index in [0.29, 0.717) is 5.92 Å². The number of para-hydroxylation sites is 3. The molecule has 3 heteroatoms. The van der Waals surface area contributed by atoms with Gasteiger partial charge in [0.1, 0.15) is 0 Å². The van der Waals surface area contributed by atoms with E-state index >= 15 is 0 Å². The first-order valence-corrected chi connectivity index (χ1v) is 19.4. The molecule has 0 saturated carbocycles. The minimum atomic E-state index is 0.231. The Balaban J connectivity index is 1.06. The highest BCUT2D eigenvalue weighted by molar-refractivity contribution is 6.09. The Morgan fingerprint density at radius 1 is 0.393 bits per heavy atom. The number of nitrogens with zero attached hydrogens (tertiary/aromatic N) is 3. The van der Waals surface area contributed by atoms with Crippen LogP contribution >= 0.6 is 0 Å². The smallest absolute Gasteiger partial charge is 0.0716 e. The van der Waals surface area contributed by atoms with Crippen molar-refractivity contribution in [2.45, 2.75) is 12.0 Å². The van der Waals surface area contributed by atoms with E-state index in [4.69, 9.17) is 4.98 Å². The minimum Gasteiger partial charge on any atom is -0.333 e. The van der Waals surface area contributed by atoms with Crippen molar-refractivity contribution in [3.8, 4) is 50.5 Å². The van der Waals surface area contributed by atoms with Crippen molar-refractivity contribution < 1.29 is 0 Å². The van der Waals surface area contributed by atoms with Gasteiger partial charge in [-0.15, -0.1) is 0 Å². The van der Waals surface area contributed by atoms with Crippen molar-refractivity contribution in [2.24, 2.45) is 0 Å². The predicted octanol–water partition coefficient (Wildman–Crippen LogP) is 13.6. The summed E-state index contributed by atoms with van der Waals surface area (Å²) in [5, 5.41) is 2.50. The van der Waals surface area contributed by atoms with Gasteiger partial charge in [-0.3, -0.25) is 0 Å². The number of aromatic nitrogens is 2. The quantitative estimate of drug-likeness (QED) is 0.171. The number of hydrogen-bond donors (Lipinski definition) is 0. The maximum Gasteiger partial charge on any atom is 0.0716 e. The number of allylic oxidation sites excluding steroid dienone is 2. The van der Waals surface area contributed by atoms with Gasteiger partial charge < -0.3 is 9.47 Å². The molecule has 2 aromatic heterocycles. The van der Waals surface area contributed by atoms with E-state index in [1.165, 1.54) is 44.2 Å². The van der Waals surface area contributed by atoms with E-state index in [-0.39, 0.29) is 6.04 Å². The van der Waals surface area contributed by atoms with Crippen molar-refractivity contribution >= 4 is 33.2 Å². The largest absolute Gasteiger partial charge is 0.333 e. The monoisotopic (exact) mass is 715 g/mol. The first-order valence-electron chi connectivity index (χ1n) is 19.4. The van der Waals surface area contributed by atoms with Gasteiger partial charge in [0, 0.05) is 44.9 Å². The molecular formula is C53H37N3. The van der Waals surface area contributed by atoms with Gasteiger partial charge in [0.2, 0.25) is 0 Å². The standard InChI is InChI=1S/C53H37N3/c1-2-14-36(15-3-1)37-28-30-38(31-29-37)41-34-48(39-16-12-18-42(32-39)55-50-24-8-4-20-44(50)45-21-5-9-25-51(45)55)54-49(35-41)40-17-13-19-43(33-40)56-52-26-10-6-22-46(52)47-23-7-11-27-53(47)56/h1-35,44,50H. The summed E-state index contributed by atoms with van der Waals surface area (Å²) in [6.45, 7) is 0. The zero-order valence-corrected chi connectivity index (χ0v) is 30.7. The lowest BCUT2D eigenvalue weighted by Gasteiger charge is -2.29. The van der Waals surface area contributed by atoms with Crippen molar-refractivity contribution in [3.05, 3.63) is 218 Å². The van der Waals surface area contributed by atoms with Crippen LogP contribution in [0.2, 0.25) is 0 Å². The van der Waals surface area contributed by atoms with Crippen LogP contribution in [0.5, 0.6) is 0 Å². The number of anilines is 2. The third kappa shape index (κ3) is 5.39. The van der Waals surface area contributed by atoms with Gasteiger partial charge in [-0.1, -0.05) is 158 Å². The molecule has 56 heavy (non-hydrogen) atoms. The van der Waals surface area contributed by atoms with E-state index < -0.39 is 0 Å². The third-order valence-corrected chi connectivity index (χ3v) is 11.5. The van der Waals surface area contributed by atoms with Gasteiger partial charge in [0.25, 0.3) is 0 Å². The van der Waals surface area contributed by atoms with Crippen molar-refractivity contribution in [2.75, 3.05) is 4.90 Å². The Labute approximate surface area is 326 Å². The Hall–Kier alpha value is -7.23. The van der Waals surface area contributed by atoms with E-state index in [9.17, 15) is 0 Å². The highest BCUT2D eigenvalue weighted by atomic mass is 15.2. The van der Waals surface area contributed by atoms with E-state index in [1.54, 1.807) is 0 Å². The van der Waals surface area contributed by atoms with Gasteiger partial charge in [0.05, 0.1) is 28.5 Å². The molecule has 1 aliphatic heterocycles. The summed E-state index contributed by atoms with van der Waals surface area (Å²) in [6, 6.07) is 68.1. The second kappa shape index (κ2) is 13.3. The first kappa shape index (κ1) is 32.2. The van der Waals surface area contributed by atoms with Crippen LogP contribution in [0.15, 0.2) is 212 Å². The van der Waals surface area contributed by atoms with Gasteiger partial charge in [0.15, 0.2) is 0 Å². The second-order valence-electron chi connectivity index (χ2n) is 14.8. The Morgan fingerprint density at radius 3 is 1.64 bits per heavy atom. The van der Waals surface area contributed by atoms with Gasteiger partial charge >= 0.3 is 0 Å². The van der Waals surface area contributed by atoms with Crippen LogP contribution in [0, 0.1) is 0 Å². The summed E-state index contributed by atoms with van der Waals surface area (Å²) in [5.41, 5.74) is 16.0. The molecule has 0 saturated heterocycles.